The number of likely N-dealkylation sites (tertiary alicyclic amines) is 1. The van der Waals surface area contributed by atoms with Crippen LogP contribution in [-0.4, -0.2) is 17.5 Å². The minimum absolute atomic E-state index is 0.690. The highest BCUT2D eigenvalue weighted by molar-refractivity contribution is 4.89. The summed E-state index contributed by atoms with van der Waals surface area (Å²) in [5.74, 6) is 0. The minimum atomic E-state index is 0.690. The maximum atomic E-state index is 3.77. The molecule has 1 rings (SSSR count). The Kier molecular flexibility index (Phi) is 2.55. The van der Waals surface area contributed by atoms with E-state index in [1.807, 2.05) is 12.3 Å². The summed E-state index contributed by atoms with van der Waals surface area (Å²) in [6.45, 7) is 8.68. The van der Waals surface area contributed by atoms with Gasteiger partial charge in [-0.2, -0.15) is 0 Å². The standard InChI is InChI=1S/C9H15N/c1-3-6-9-7-5-8-10(9)4-2/h3-4,9H,1-2,5-8H2. The predicted octanol–water partition coefficient (Wildman–Crippen LogP) is 2.17. The summed E-state index contributed by atoms with van der Waals surface area (Å²) >= 11 is 0. The molecule has 0 aromatic rings. The molecule has 1 aliphatic heterocycles. The first-order valence-corrected chi connectivity index (χ1v) is 3.87. The Hall–Kier alpha value is -0.720. The van der Waals surface area contributed by atoms with Crippen molar-refractivity contribution >= 4 is 0 Å². The van der Waals surface area contributed by atoms with Crippen molar-refractivity contribution in [2.45, 2.75) is 25.3 Å². The van der Waals surface area contributed by atoms with Crippen LogP contribution in [0.25, 0.3) is 0 Å². The van der Waals surface area contributed by atoms with Crippen LogP contribution in [0.4, 0.5) is 0 Å². The third-order valence-corrected chi connectivity index (χ3v) is 2.10. The number of hydrogen-bond acceptors (Lipinski definition) is 1. The lowest BCUT2D eigenvalue weighted by Gasteiger charge is -2.20. The minimum Gasteiger partial charge on any atom is -0.375 e. The molecule has 0 saturated carbocycles. The summed E-state index contributed by atoms with van der Waals surface area (Å²) in [6.07, 6.45) is 7.66. The van der Waals surface area contributed by atoms with Gasteiger partial charge in [-0.3, -0.25) is 0 Å². The van der Waals surface area contributed by atoms with Crippen molar-refractivity contribution in [3.8, 4) is 0 Å². The molecule has 0 bridgehead atoms. The zero-order valence-electron chi connectivity index (χ0n) is 6.42. The zero-order chi connectivity index (χ0) is 7.40. The second kappa shape index (κ2) is 3.45. The molecule has 1 aliphatic rings. The maximum absolute atomic E-state index is 3.77. The van der Waals surface area contributed by atoms with Gasteiger partial charge in [0.25, 0.3) is 0 Å². The van der Waals surface area contributed by atoms with Crippen LogP contribution in [0.1, 0.15) is 19.3 Å². The van der Waals surface area contributed by atoms with Gasteiger partial charge in [-0.1, -0.05) is 12.7 Å². The summed E-state index contributed by atoms with van der Waals surface area (Å²) in [6, 6.07) is 0.690. The molecule has 0 N–H and O–H groups in total. The van der Waals surface area contributed by atoms with Gasteiger partial charge in [-0.25, -0.2) is 0 Å². The topological polar surface area (TPSA) is 3.24 Å². The van der Waals surface area contributed by atoms with Crippen LogP contribution in [0.15, 0.2) is 25.4 Å². The van der Waals surface area contributed by atoms with Crippen molar-refractivity contribution in [1.29, 1.82) is 0 Å². The Bertz CT molecular complexity index is 129. The summed E-state index contributed by atoms with van der Waals surface area (Å²) in [5.41, 5.74) is 0. The van der Waals surface area contributed by atoms with Gasteiger partial charge in [0.05, 0.1) is 0 Å². The van der Waals surface area contributed by atoms with E-state index in [0.717, 1.165) is 6.42 Å². The molecule has 56 valence electrons. The lowest BCUT2D eigenvalue weighted by molar-refractivity contribution is 0.353. The van der Waals surface area contributed by atoms with E-state index >= 15 is 0 Å². The smallest absolute Gasteiger partial charge is 0.0319 e. The average Bonchev–Trinajstić information content (AvgIpc) is 2.36. The fraction of sp³-hybridized carbons (Fsp3) is 0.556. The van der Waals surface area contributed by atoms with Gasteiger partial charge in [0.2, 0.25) is 0 Å². The van der Waals surface area contributed by atoms with Crippen LogP contribution in [0.2, 0.25) is 0 Å². The van der Waals surface area contributed by atoms with E-state index in [1.165, 1.54) is 19.4 Å². The number of rotatable bonds is 3. The van der Waals surface area contributed by atoms with Crippen LogP contribution in [0.5, 0.6) is 0 Å². The molecular weight excluding hydrogens is 122 g/mol. The predicted molar refractivity (Wildman–Crippen MR) is 44.7 cm³/mol. The molecule has 1 heteroatoms. The van der Waals surface area contributed by atoms with Crippen molar-refractivity contribution in [2.24, 2.45) is 0 Å². The van der Waals surface area contributed by atoms with E-state index in [2.05, 4.69) is 18.1 Å². The monoisotopic (exact) mass is 137 g/mol. The Balaban J connectivity index is 2.41. The second-order valence-corrected chi connectivity index (χ2v) is 2.74. The highest BCUT2D eigenvalue weighted by Gasteiger charge is 2.18. The van der Waals surface area contributed by atoms with Crippen LogP contribution >= 0.6 is 0 Å². The Morgan fingerprint density at radius 2 is 2.30 bits per heavy atom. The highest BCUT2D eigenvalue weighted by Crippen LogP contribution is 2.19. The van der Waals surface area contributed by atoms with Crippen molar-refractivity contribution in [3.63, 3.8) is 0 Å². The Morgan fingerprint density at radius 3 is 2.90 bits per heavy atom. The quantitative estimate of drug-likeness (QED) is 0.539. The SMILES string of the molecule is C=CCC1CCCN1C=C. The Morgan fingerprint density at radius 1 is 1.50 bits per heavy atom. The van der Waals surface area contributed by atoms with Crippen LogP contribution in [0.3, 0.4) is 0 Å². The van der Waals surface area contributed by atoms with Gasteiger partial charge in [-0.15, -0.1) is 6.58 Å². The molecular formula is C9H15N. The van der Waals surface area contributed by atoms with Gasteiger partial charge in [0.1, 0.15) is 0 Å². The molecule has 1 heterocycles. The van der Waals surface area contributed by atoms with E-state index < -0.39 is 0 Å². The third-order valence-electron chi connectivity index (χ3n) is 2.10. The molecule has 0 aromatic carbocycles. The molecule has 1 saturated heterocycles. The van der Waals surface area contributed by atoms with Gasteiger partial charge < -0.3 is 4.90 Å². The fourth-order valence-corrected chi connectivity index (χ4v) is 1.54. The molecule has 1 fully saturated rings. The molecule has 1 nitrogen and oxygen atoms in total. The lowest BCUT2D eigenvalue weighted by atomic mass is 10.1. The fourth-order valence-electron chi connectivity index (χ4n) is 1.54. The lowest BCUT2D eigenvalue weighted by Crippen LogP contribution is -2.22. The second-order valence-electron chi connectivity index (χ2n) is 2.74. The molecule has 0 amide bonds. The molecule has 1 atom stereocenters. The van der Waals surface area contributed by atoms with E-state index in [4.69, 9.17) is 0 Å². The van der Waals surface area contributed by atoms with Crippen LogP contribution < -0.4 is 0 Å². The Labute approximate surface area is 63.0 Å². The largest absolute Gasteiger partial charge is 0.375 e. The van der Waals surface area contributed by atoms with Gasteiger partial charge in [0, 0.05) is 12.6 Å². The molecule has 0 aromatic heterocycles. The van der Waals surface area contributed by atoms with E-state index in [-0.39, 0.29) is 0 Å². The maximum Gasteiger partial charge on any atom is 0.0319 e. The first-order chi connectivity index (χ1) is 4.88. The molecule has 0 spiro atoms. The summed E-state index contributed by atoms with van der Waals surface area (Å²) in [7, 11) is 0. The first kappa shape index (κ1) is 7.39. The van der Waals surface area contributed by atoms with Gasteiger partial charge >= 0.3 is 0 Å². The van der Waals surface area contributed by atoms with Gasteiger partial charge in [0.15, 0.2) is 0 Å². The molecule has 1 unspecified atom stereocenters. The zero-order valence-corrected chi connectivity index (χ0v) is 6.42. The highest BCUT2D eigenvalue weighted by atomic mass is 15.2. The molecule has 0 radical (unpaired) electrons. The number of hydrogen-bond donors (Lipinski definition) is 0. The van der Waals surface area contributed by atoms with Crippen molar-refractivity contribution < 1.29 is 0 Å². The van der Waals surface area contributed by atoms with Crippen molar-refractivity contribution in [1.82, 2.24) is 4.90 Å². The van der Waals surface area contributed by atoms with E-state index in [9.17, 15) is 0 Å². The van der Waals surface area contributed by atoms with Crippen LogP contribution in [0, 0.1) is 0 Å². The van der Waals surface area contributed by atoms with Crippen molar-refractivity contribution in [2.75, 3.05) is 6.54 Å². The number of nitrogens with zero attached hydrogens (tertiary/aromatic N) is 1. The van der Waals surface area contributed by atoms with Gasteiger partial charge in [-0.05, 0) is 25.5 Å². The van der Waals surface area contributed by atoms with E-state index in [1.54, 1.807) is 0 Å². The first-order valence-electron chi connectivity index (χ1n) is 3.87. The van der Waals surface area contributed by atoms with Crippen LogP contribution in [-0.2, 0) is 0 Å². The molecule has 10 heavy (non-hydrogen) atoms. The average molecular weight is 137 g/mol. The third kappa shape index (κ3) is 1.41. The van der Waals surface area contributed by atoms with Crippen molar-refractivity contribution in [3.05, 3.63) is 25.4 Å². The summed E-state index contributed by atoms with van der Waals surface area (Å²) < 4.78 is 0. The summed E-state index contributed by atoms with van der Waals surface area (Å²) in [5, 5.41) is 0. The molecule has 0 aliphatic carbocycles. The summed E-state index contributed by atoms with van der Waals surface area (Å²) in [4.78, 5) is 2.31. The normalized spacial score (nSPS) is 24.8. The van der Waals surface area contributed by atoms with E-state index in [0.29, 0.717) is 6.04 Å².